The monoisotopic (exact) mass is 404 g/mol. The molecule has 0 bridgehead atoms. The van der Waals surface area contributed by atoms with Crippen molar-refractivity contribution in [2.24, 2.45) is 5.92 Å². The molecule has 1 aliphatic rings. The molecule has 0 aromatic carbocycles. The first-order valence-electron chi connectivity index (χ1n) is 8.50. The second-order valence-electron chi connectivity index (χ2n) is 6.52. The lowest BCUT2D eigenvalue weighted by Gasteiger charge is -2.22. The number of carbonyl (C=O) groups excluding carboxylic acids is 1. The summed E-state index contributed by atoms with van der Waals surface area (Å²) >= 11 is 3.30. The number of anilines is 1. The van der Waals surface area contributed by atoms with Crippen LogP contribution in [0.4, 0.5) is 5.82 Å². The molecule has 0 saturated heterocycles. The fourth-order valence-corrected chi connectivity index (χ4v) is 3.61. The molecule has 1 fully saturated rings. The molecule has 0 aliphatic heterocycles. The average molecular weight is 405 g/mol. The van der Waals surface area contributed by atoms with E-state index in [0.717, 1.165) is 18.5 Å². The number of carbonyl (C=O) groups is 1. The third-order valence-corrected chi connectivity index (χ3v) is 5.11. The standard InChI is InChI=1S/C18H21BrN4O2/c1-12-10-21-16(11-20-12)22-18(25)15(8-13-4-2-3-5-13)23-7-6-14(19)9-17(23)24/h6-7,9-11,13,15H,2-5,8H2,1H3,(H,21,22,25)/t15-/m0/s1. The maximum atomic E-state index is 12.9. The second kappa shape index (κ2) is 7.91. The Morgan fingerprint density at radius 2 is 2.12 bits per heavy atom. The number of pyridine rings is 1. The lowest BCUT2D eigenvalue weighted by atomic mass is 9.97. The van der Waals surface area contributed by atoms with Crippen molar-refractivity contribution in [1.82, 2.24) is 14.5 Å². The summed E-state index contributed by atoms with van der Waals surface area (Å²) in [5.41, 5.74) is 0.590. The van der Waals surface area contributed by atoms with Crippen LogP contribution in [-0.4, -0.2) is 20.4 Å². The minimum atomic E-state index is -0.549. The van der Waals surface area contributed by atoms with E-state index in [0.29, 0.717) is 22.6 Å². The Kier molecular flexibility index (Phi) is 5.63. The van der Waals surface area contributed by atoms with Crippen molar-refractivity contribution < 1.29 is 4.79 Å². The van der Waals surface area contributed by atoms with Gasteiger partial charge in [-0.1, -0.05) is 41.6 Å². The summed E-state index contributed by atoms with van der Waals surface area (Å²) in [5, 5.41) is 2.80. The lowest BCUT2D eigenvalue weighted by molar-refractivity contribution is -0.119. The van der Waals surface area contributed by atoms with Gasteiger partial charge in [0.15, 0.2) is 5.82 Å². The molecule has 0 radical (unpaired) electrons. The predicted octanol–water partition coefficient (Wildman–Crippen LogP) is 3.47. The quantitative estimate of drug-likeness (QED) is 0.827. The van der Waals surface area contributed by atoms with E-state index in [1.54, 1.807) is 18.5 Å². The zero-order valence-corrected chi connectivity index (χ0v) is 15.7. The summed E-state index contributed by atoms with van der Waals surface area (Å²) in [5.74, 6) is 0.641. The van der Waals surface area contributed by atoms with Crippen LogP contribution in [0.25, 0.3) is 0 Å². The highest BCUT2D eigenvalue weighted by molar-refractivity contribution is 9.10. The molecule has 2 aromatic heterocycles. The summed E-state index contributed by atoms with van der Waals surface area (Å²) in [4.78, 5) is 33.6. The number of aryl methyl sites for hydroxylation is 1. The van der Waals surface area contributed by atoms with Gasteiger partial charge in [0, 0.05) is 16.7 Å². The van der Waals surface area contributed by atoms with E-state index in [-0.39, 0.29) is 11.5 Å². The van der Waals surface area contributed by atoms with Crippen LogP contribution >= 0.6 is 15.9 Å². The molecule has 1 aliphatic carbocycles. The molecule has 25 heavy (non-hydrogen) atoms. The van der Waals surface area contributed by atoms with E-state index in [1.165, 1.54) is 29.7 Å². The van der Waals surface area contributed by atoms with E-state index in [9.17, 15) is 9.59 Å². The molecule has 3 rings (SSSR count). The van der Waals surface area contributed by atoms with Crippen LogP contribution in [0.3, 0.4) is 0 Å². The number of hydrogen-bond acceptors (Lipinski definition) is 4. The van der Waals surface area contributed by atoms with Crippen LogP contribution in [0.5, 0.6) is 0 Å². The van der Waals surface area contributed by atoms with Crippen molar-refractivity contribution in [1.29, 1.82) is 0 Å². The summed E-state index contributed by atoms with van der Waals surface area (Å²) in [7, 11) is 0. The highest BCUT2D eigenvalue weighted by Crippen LogP contribution is 2.32. The molecule has 1 saturated carbocycles. The van der Waals surface area contributed by atoms with Crippen LogP contribution in [0.15, 0.2) is 40.0 Å². The average Bonchev–Trinajstić information content (AvgIpc) is 3.08. The first-order chi connectivity index (χ1) is 12.0. The largest absolute Gasteiger partial charge is 0.308 e. The molecule has 2 aromatic rings. The van der Waals surface area contributed by atoms with Gasteiger partial charge >= 0.3 is 0 Å². The van der Waals surface area contributed by atoms with E-state index in [1.807, 2.05) is 6.92 Å². The predicted molar refractivity (Wildman–Crippen MR) is 99.4 cm³/mol. The first kappa shape index (κ1) is 17.8. The van der Waals surface area contributed by atoms with Gasteiger partial charge in [0.25, 0.3) is 5.56 Å². The van der Waals surface area contributed by atoms with Gasteiger partial charge in [0.05, 0.1) is 18.1 Å². The van der Waals surface area contributed by atoms with Crippen LogP contribution < -0.4 is 10.9 Å². The molecular formula is C18H21BrN4O2. The van der Waals surface area contributed by atoms with Crippen molar-refractivity contribution in [2.45, 2.75) is 45.1 Å². The number of rotatable bonds is 5. The number of nitrogens with zero attached hydrogens (tertiary/aromatic N) is 3. The fourth-order valence-electron chi connectivity index (χ4n) is 3.30. The van der Waals surface area contributed by atoms with Crippen LogP contribution in [0, 0.1) is 12.8 Å². The van der Waals surface area contributed by atoms with Crippen molar-refractivity contribution in [2.75, 3.05) is 5.32 Å². The van der Waals surface area contributed by atoms with E-state index in [2.05, 4.69) is 31.2 Å². The van der Waals surface area contributed by atoms with Gasteiger partial charge in [-0.2, -0.15) is 0 Å². The number of hydrogen-bond donors (Lipinski definition) is 1. The van der Waals surface area contributed by atoms with Gasteiger partial charge in [0.2, 0.25) is 5.91 Å². The van der Waals surface area contributed by atoms with E-state index in [4.69, 9.17) is 0 Å². The molecule has 2 heterocycles. The van der Waals surface area contributed by atoms with Crippen LogP contribution in [-0.2, 0) is 4.79 Å². The second-order valence-corrected chi connectivity index (χ2v) is 7.44. The van der Waals surface area contributed by atoms with E-state index >= 15 is 0 Å². The number of aromatic nitrogens is 3. The molecule has 0 spiro atoms. The van der Waals surface area contributed by atoms with Gasteiger partial charge in [-0.05, 0) is 25.3 Å². The number of amides is 1. The van der Waals surface area contributed by atoms with E-state index < -0.39 is 6.04 Å². The zero-order valence-electron chi connectivity index (χ0n) is 14.1. The number of nitrogens with one attached hydrogen (secondary N) is 1. The third kappa shape index (κ3) is 4.54. The maximum absolute atomic E-state index is 12.9. The normalized spacial score (nSPS) is 15.9. The molecule has 0 unspecified atom stereocenters. The molecule has 1 amide bonds. The van der Waals surface area contributed by atoms with Crippen molar-refractivity contribution in [3.8, 4) is 0 Å². The fraction of sp³-hybridized carbons (Fsp3) is 0.444. The maximum Gasteiger partial charge on any atom is 0.252 e. The minimum absolute atomic E-state index is 0.192. The molecular weight excluding hydrogens is 384 g/mol. The number of halogens is 1. The Morgan fingerprint density at radius 3 is 2.76 bits per heavy atom. The lowest BCUT2D eigenvalue weighted by Crippen LogP contribution is -2.34. The van der Waals surface area contributed by atoms with Crippen molar-refractivity contribution >= 4 is 27.7 Å². The summed E-state index contributed by atoms with van der Waals surface area (Å²) < 4.78 is 2.22. The Labute approximate surface area is 154 Å². The summed E-state index contributed by atoms with van der Waals surface area (Å²) in [6.07, 6.45) is 10.1. The SMILES string of the molecule is Cc1cnc(NC(=O)[C@H](CC2CCCC2)n2ccc(Br)cc2=O)cn1. The summed E-state index contributed by atoms with van der Waals surface area (Å²) in [6, 6.07) is 2.72. The Morgan fingerprint density at radius 1 is 1.36 bits per heavy atom. The summed E-state index contributed by atoms with van der Waals surface area (Å²) in [6.45, 7) is 1.84. The van der Waals surface area contributed by atoms with Gasteiger partial charge in [-0.25, -0.2) is 4.98 Å². The zero-order chi connectivity index (χ0) is 17.8. The van der Waals surface area contributed by atoms with Gasteiger partial charge in [-0.15, -0.1) is 0 Å². The van der Waals surface area contributed by atoms with Gasteiger partial charge in [0.1, 0.15) is 6.04 Å². The Bertz CT molecular complexity index is 797. The molecule has 132 valence electrons. The highest BCUT2D eigenvalue weighted by Gasteiger charge is 2.27. The smallest absolute Gasteiger partial charge is 0.252 e. The molecule has 1 atom stereocenters. The topological polar surface area (TPSA) is 76.9 Å². The molecule has 7 heteroatoms. The van der Waals surface area contributed by atoms with Crippen molar-refractivity contribution in [3.63, 3.8) is 0 Å². The molecule has 6 nitrogen and oxygen atoms in total. The first-order valence-corrected chi connectivity index (χ1v) is 9.29. The minimum Gasteiger partial charge on any atom is -0.308 e. The Hall–Kier alpha value is -2.02. The third-order valence-electron chi connectivity index (χ3n) is 4.61. The highest BCUT2D eigenvalue weighted by atomic mass is 79.9. The molecule has 1 N–H and O–H groups in total. The van der Waals surface area contributed by atoms with Crippen LogP contribution in [0.2, 0.25) is 0 Å². The van der Waals surface area contributed by atoms with Gasteiger partial charge < -0.3 is 9.88 Å². The van der Waals surface area contributed by atoms with Crippen molar-refractivity contribution in [3.05, 3.63) is 51.2 Å². The Balaban J connectivity index is 1.85. The van der Waals surface area contributed by atoms with Crippen LogP contribution in [0.1, 0.15) is 43.8 Å². The van der Waals surface area contributed by atoms with Gasteiger partial charge in [-0.3, -0.25) is 14.6 Å².